The molecule has 1 aromatic heterocycles. The van der Waals surface area contributed by atoms with Gasteiger partial charge in [0.15, 0.2) is 0 Å². The van der Waals surface area contributed by atoms with Gasteiger partial charge >= 0.3 is 7.82 Å². The van der Waals surface area contributed by atoms with Gasteiger partial charge in [-0.2, -0.15) is 0 Å². The lowest BCUT2D eigenvalue weighted by molar-refractivity contribution is -0.697. The maximum Gasteiger partial charge on any atom is 0.469 e. The molecule has 348 valence electrons. The van der Waals surface area contributed by atoms with Gasteiger partial charge in [0.2, 0.25) is 35.9 Å². The number of carbonyl (C=O) groups is 5. The number of nitrogens with one attached hydrogen (secondary N) is 4. The average molecular weight is 891 g/mol. The van der Waals surface area contributed by atoms with Crippen LogP contribution in [0.15, 0.2) is 42.9 Å². The molecule has 5 atom stereocenters. The molecule has 5 amide bonds. The summed E-state index contributed by atoms with van der Waals surface area (Å²) in [6.45, 7) is 5.46. The third-order valence-corrected chi connectivity index (χ3v) is 11.7. The lowest BCUT2D eigenvalue weighted by Gasteiger charge is -2.27. The van der Waals surface area contributed by atoms with Gasteiger partial charge in [-0.05, 0) is 69.8 Å². The van der Waals surface area contributed by atoms with E-state index in [9.17, 15) is 43.4 Å². The number of unbranched alkanes of at least 4 members (excludes halogenated alkanes) is 5. The number of benzene rings is 1. The predicted molar refractivity (Wildman–Crippen MR) is 234 cm³/mol. The van der Waals surface area contributed by atoms with Crippen LogP contribution in [0.5, 0.6) is 0 Å². The second-order valence-electron chi connectivity index (χ2n) is 17.1. The highest BCUT2D eigenvalue weighted by atomic mass is 31.2. The molecule has 3 rings (SSSR count). The van der Waals surface area contributed by atoms with Gasteiger partial charge in [-0.25, -0.2) is 13.7 Å². The van der Waals surface area contributed by atoms with E-state index < -0.39 is 68.3 Å². The molecular weight excluding hydrogens is 817 g/mol. The number of aliphatic hydroxyl groups excluding tert-OH is 1. The molecule has 0 radical (unpaired) electrons. The Bertz CT molecular complexity index is 1740. The van der Waals surface area contributed by atoms with Gasteiger partial charge in [0.25, 0.3) is 0 Å². The lowest BCUT2D eigenvalue weighted by Crippen LogP contribution is -2.60. The number of nitrogens with two attached hydrogens (primary N) is 1. The standard InChI is InChI=1S/C44H72N7O10P/c1-32(2)27-36-42(55)47-37(43(56)48-38(30-52)44(57)49-40(41(45)54)33(3)61-62(58,59)60)28-35-29-50(25-19-12-8-5-4-6-11-18-24-39(53)46-36)31-51(35)26-20-13-9-7-10-15-21-34-22-16-14-17-23-34/h14,16-17,22-23,29,31-33,36-38,40,52H,4-13,15,18-21,24-28,30H2,1-3H3,(H7-,45,46,47,48,49,53,54,55,56,57,58,59,60)/p+1/t33-,36+,37+,38+,40+/m1/s1. The molecule has 2 bridgehead atoms. The summed E-state index contributed by atoms with van der Waals surface area (Å²) < 4.78 is 20.2. The van der Waals surface area contributed by atoms with E-state index in [4.69, 9.17) is 5.73 Å². The number of aromatic nitrogens is 2. The molecule has 0 unspecified atom stereocenters. The number of aryl methyl sites for hydroxylation is 3. The lowest BCUT2D eigenvalue weighted by atomic mass is 10.0. The van der Waals surface area contributed by atoms with Crippen molar-refractivity contribution in [3.63, 3.8) is 0 Å². The fraction of sp³-hybridized carbons (Fsp3) is 0.682. The minimum absolute atomic E-state index is 0.00322. The zero-order valence-corrected chi connectivity index (χ0v) is 37.9. The highest BCUT2D eigenvalue weighted by Crippen LogP contribution is 2.38. The Labute approximate surface area is 366 Å². The van der Waals surface area contributed by atoms with Gasteiger partial charge in [-0.15, -0.1) is 0 Å². The third-order valence-electron chi connectivity index (χ3n) is 11.1. The molecule has 0 saturated heterocycles. The summed E-state index contributed by atoms with van der Waals surface area (Å²) in [5.74, 6) is -3.92. The predicted octanol–water partition coefficient (Wildman–Crippen LogP) is 3.39. The summed E-state index contributed by atoms with van der Waals surface area (Å²) in [7, 11) is -5.09. The van der Waals surface area contributed by atoms with Gasteiger partial charge in [0.05, 0.1) is 25.8 Å². The number of primary amides is 1. The fourth-order valence-corrected chi connectivity index (χ4v) is 8.28. The number of rotatable bonds is 20. The van der Waals surface area contributed by atoms with Crippen LogP contribution >= 0.6 is 7.82 Å². The van der Waals surface area contributed by atoms with Crippen LogP contribution in [-0.4, -0.2) is 85.9 Å². The van der Waals surface area contributed by atoms with Crippen molar-refractivity contribution in [2.24, 2.45) is 11.7 Å². The summed E-state index contributed by atoms with van der Waals surface area (Å²) in [5.41, 5.74) is 7.50. The Morgan fingerprint density at radius 2 is 1.53 bits per heavy atom. The molecule has 17 nitrogen and oxygen atoms in total. The molecule has 2 aromatic rings. The second-order valence-corrected chi connectivity index (χ2v) is 18.2. The van der Waals surface area contributed by atoms with Crippen molar-refractivity contribution in [3.05, 3.63) is 54.1 Å². The fourth-order valence-electron chi connectivity index (χ4n) is 7.73. The molecule has 0 aliphatic carbocycles. The van der Waals surface area contributed by atoms with E-state index in [1.54, 1.807) is 0 Å². The molecular formula is C44H73N7O10P+. The first-order valence-electron chi connectivity index (χ1n) is 22.5. The van der Waals surface area contributed by atoms with E-state index >= 15 is 0 Å². The number of hydrogen-bond donors (Lipinski definition) is 8. The summed E-state index contributed by atoms with van der Waals surface area (Å²) in [6.07, 6.45) is 18.5. The number of aliphatic hydroxyl groups is 1. The van der Waals surface area contributed by atoms with Crippen molar-refractivity contribution in [1.82, 2.24) is 25.8 Å². The van der Waals surface area contributed by atoms with Gasteiger partial charge < -0.3 is 41.9 Å². The number of imidazole rings is 1. The first kappa shape index (κ1) is 52.2. The van der Waals surface area contributed by atoms with Crippen molar-refractivity contribution >= 4 is 37.4 Å². The Morgan fingerprint density at radius 1 is 0.903 bits per heavy atom. The van der Waals surface area contributed by atoms with Crippen LogP contribution in [0, 0.1) is 5.92 Å². The minimum Gasteiger partial charge on any atom is -0.394 e. The van der Waals surface area contributed by atoms with Crippen LogP contribution in [0.2, 0.25) is 0 Å². The maximum absolute atomic E-state index is 14.2. The molecule has 1 aliphatic heterocycles. The number of nitrogens with zero attached hydrogens (tertiary/aromatic N) is 2. The Balaban J connectivity index is 1.86. The Morgan fingerprint density at radius 3 is 2.16 bits per heavy atom. The van der Waals surface area contributed by atoms with Gasteiger partial charge in [0, 0.05) is 12.8 Å². The first-order chi connectivity index (χ1) is 29.6. The summed E-state index contributed by atoms with van der Waals surface area (Å²) >= 11 is 0. The topological polar surface area (TPSA) is 255 Å². The molecule has 0 spiro atoms. The minimum atomic E-state index is -5.09. The third kappa shape index (κ3) is 20.4. The molecule has 0 fully saturated rings. The van der Waals surface area contributed by atoms with E-state index in [0.717, 1.165) is 109 Å². The van der Waals surface area contributed by atoms with Crippen LogP contribution in [-0.2, 0) is 59.0 Å². The van der Waals surface area contributed by atoms with E-state index in [-0.39, 0.29) is 24.7 Å². The summed E-state index contributed by atoms with van der Waals surface area (Å²) in [4.78, 5) is 85.4. The highest BCUT2D eigenvalue weighted by molar-refractivity contribution is 7.46. The number of hydrogen-bond acceptors (Lipinski definition) is 8. The highest BCUT2D eigenvalue weighted by Gasteiger charge is 2.35. The van der Waals surface area contributed by atoms with E-state index in [0.29, 0.717) is 19.4 Å². The van der Waals surface area contributed by atoms with Gasteiger partial charge in [-0.1, -0.05) is 95.5 Å². The van der Waals surface area contributed by atoms with Crippen molar-refractivity contribution in [2.45, 2.75) is 180 Å². The summed E-state index contributed by atoms with van der Waals surface area (Å²) in [6, 6.07) is 4.84. The van der Waals surface area contributed by atoms with Crippen LogP contribution in [0.1, 0.15) is 135 Å². The van der Waals surface area contributed by atoms with Crippen molar-refractivity contribution in [3.8, 4) is 0 Å². The Kier molecular flexibility index (Phi) is 23.4. The smallest absolute Gasteiger partial charge is 0.394 e. The second kappa shape index (κ2) is 27.8. The van der Waals surface area contributed by atoms with Crippen LogP contribution < -0.4 is 31.6 Å². The van der Waals surface area contributed by atoms with Gasteiger partial charge in [0.1, 0.15) is 36.1 Å². The largest absolute Gasteiger partial charge is 0.469 e. The molecule has 1 aliphatic rings. The van der Waals surface area contributed by atoms with Crippen molar-refractivity contribution in [1.29, 1.82) is 0 Å². The molecule has 18 heteroatoms. The van der Waals surface area contributed by atoms with E-state index in [1.165, 1.54) is 5.56 Å². The molecule has 1 aromatic carbocycles. The zero-order valence-electron chi connectivity index (χ0n) is 37.0. The normalized spacial score (nSPS) is 19.1. The number of phosphoric acid groups is 1. The van der Waals surface area contributed by atoms with E-state index in [1.807, 2.05) is 32.4 Å². The maximum atomic E-state index is 14.2. The zero-order chi connectivity index (χ0) is 45.5. The van der Waals surface area contributed by atoms with Crippen LogP contribution in [0.25, 0.3) is 0 Å². The quantitative estimate of drug-likeness (QED) is 0.0547. The Hall–Kier alpha value is -4.15. The SMILES string of the molecule is CC(C)C[C@@H]1NC(=O)CCCCCCCCCC[n+]2cc(n(CCCCCCCCc3ccccc3)c2)C[C@@H](C(=O)N[C@@H](CO)C(=O)N[C@H](C(N)=O)[C@@H](C)OP(=O)(O)O)NC1=O. The van der Waals surface area contributed by atoms with Crippen LogP contribution in [0.4, 0.5) is 0 Å². The van der Waals surface area contributed by atoms with Crippen molar-refractivity contribution < 1.29 is 52.5 Å². The van der Waals surface area contributed by atoms with Gasteiger partial charge in [-0.3, -0.25) is 28.5 Å². The molecule has 9 N–H and O–H groups in total. The monoisotopic (exact) mass is 891 g/mol. The number of amides is 5. The number of fused-ring (bicyclic) bond motifs is 2. The van der Waals surface area contributed by atoms with E-state index in [2.05, 4.69) is 59.2 Å². The molecule has 2 heterocycles. The summed E-state index contributed by atoms with van der Waals surface area (Å²) in [5, 5.41) is 20.6. The number of phosphoric ester groups is 1. The van der Waals surface area contributed by atoms with Crippen LogP contribution in [0.3, 0.4) is 0 Å². The molecule has 62 heavy (non-hydrogen) atoms. The molecule has 0 saturated carbocycles. The first-order valence-corrected chi connectivity index (χ1v) is 24.1. The number of carbonyl (C=O) groups excluding carboxylic acids is 5. The van der Waals surface area contributed by atoms with Crippen molar-refractivity contribution in [2.75, 3.05) is 6.61 Å². The average Bonchev–Trinajstić information content (AvgIpc) is 3.59.